The standard InChI is InChI=1S/C26H29N5O5S/c1-4-7-22-24(15-14-20(17(2)32)25(22)33)36-16-18-10-12-19(13-11-18)37(34,35)28-23-9-6-5-8-21(23)26-27-29-30-31(26)3/h5-6,8-15,28-30,33H,4,7,16H2,1-3H3. The van der Waals surface area contributed by atoms with Crippen molar-refractivity contribution in [3.05, 3.63) is 82.9 Å². The molecule has 1 aliphatic heterocycles. The molecule has 0 spiro atoms. The highest BCUT2D eigenvalue weighted by Crippen LogP contribution is 2.33. The number of hydrogen-bond acceptors (Lipinski definition) is 9. The topological polar surface area (TPSA) is 132 Å². The number of nitrogens with zero attached hydrogens (tertiary/aromatic N) is 2. The number of ether oxygens (including phenoxy) is 1. The number of hydrazone groups is 1. The summed E-state index contributed by atoms with van der Waals surface area (Å²) in [5, 5.41) is 16.3. The van der Waals surface area contributed by atoms with Crippen LogP contribution in [0.1, 0.15) is 47.3 Å². The van der Waals surface area contributed by atoms with E-state index in [1.54, 1.807) is 60.6 Å². The largest absolute Gasteiger partial charge is 0.507 e. The molecule has 0 radical (unpaired) electrons. The van der Waals surface area contributed by atoms with Crippen LogP contribution in [0.5, 0.6) is 11.5 Å². The fourth-order valence-electron chi connectivity index (χ4n) is 3.95. The highest BCUT2D eigenvalue weighted by Gasteiger charge is 2.22. The van der Waals surface area contributed by atoms with E-state index in [-0.39, 0.29) is 28.6 Å². The Morgan fingerprint density at radius 2 is 1.84 bits per heavy atom. The van der Waals surface area contributed by atoms with Gasteiger partial charge in [0.15, 0.2) is 11.6 Å². The first-order chi connectivity index (χ1) is 17.7. The van der Waals surface area contributed by atoms with Crippen molar-refractivity contribution < 1.29 is 23.1 Å². The Hall–Kier alpha value is -4.09. The monoisotopic (exact) mass is 523 g/mol. The molecule has 0 atom stereocenters. The van der Waals surface area contributed by atoms with E-state index >= 15 is 0 Å². The number of phenolic OH excluding ortho intramolecular Hbond substituents is 1. The molecule has 3 aromatic rings. The van der Waals surface area contributed by atoms with Crippen molar-refractivity contribution in [2.75, 3.05) is 11.8 Å². The van der Waals surface area contributed by atoms with Crippen molar-refractivity contribution in [2.24, 2.45) is 5.10 Å². The predicted octanol–water partition coefficient (Wildman–Crippen LogP) is 3.54. The average molecular weight is 524 g/mol. The normalized spacial score (nSPS) is 13.2. The highest BCUT2D eigenvalue weighted by molar-refractivity contribution is 7.92. The van der Waals surface area contributed by atoms with Gasteiger partial charge in [0.2, 0.25) is 0 Å². The van der Waals surface area contributed by atoms with Crippen LogP contribution in [0.25, 0.3) is 0 Å². The average Bonchev–Trinajstić information content (AvgIpc) is 3.30. The number of ketones is 1. The van der Waals surface area contributed by atoms with Crippen molar-refractivity contribution in [3.63, 3.8) is 0 Å². The first kappa shape index (κ1) is 26.0. The number of hydrogen-bond donors (Lipinski definition) is 4. The molecule has 1 heterocycles. The van der Waals surface area contributed by atoms with Crippen molar-refractivity contribution in [1.82, 2.24) is 16.1 Å². The van der Waals surface area contributed by atoms with Crippen molar-refractivity contribution in [3.8, 4) is 11.5 Å². The second-order valence-electron chi connectivity index (χ2n) is 8.55. The number of rotatable bonds is 10. The Kier molecular flexibility index (Phi) is 7.65. The fourth-order valence-corrected chi connectivity index (χ4v) is 5.03. The Labute approximate surface area is 216 Å². The summed E-state index contributed by atoms with van der Waals surface area (Å²) in [5.74, 6) is 0.755. The van der Waals surface area contributed by atoms with Crippen LogP contribution in [-0.4, -0.2) is 37.2 Å². The number of phenols is 1. The maximum absolute atomic E-state index is 13.1. The summed E-state index contributed by atoms with van der Waals surface area (Å²) in [7, 11) is -2.11. The first-order valence-electron chi connectivity index (χ1n) is 11.7. The minimum Gasteiger partial charge on any atom is -0.507 e. The quantitative estimate of drug-likeness (QED) is 0.297. The molecule has 37 heavy (non-hydrogen) atoms. The molecule has 0 unspecified atom stereocenters. The zero-order chi connectivity index (χ0) is 26.6. The maximum atomic E-state index is 13.1. The molecule has 11 heteroatoms. The second kappa shape index (κ2) is 10.9. The third-order valence-corrected chi connectivity index (χ3v) is 7.24. The van der Waals surface area contributed by atoms with E-state index in [0.717, 1.165) is 12.0 Å². The van der Waals surface area contributed by atoms with E-state index in [2.05, 4.69) is 20.9 Å². The van der Waals surface area contributed by atoms with Crippen LogP contribution in [0, 0.1) is 0 Å². The van der Waals surface area contributed by atoms with E-state index in [1.807, 2.05) is 6.92 Å². The fraction of sp³-hybridized carbons (Fsp3) is 0.231. The van der Waals surface area contributed by atoms with Gasteiger partial charge in [0.25, 0.3) is 10.0 Å². The number of hydrazine groups is 2. The minimum atomic E-state index is -3.87. The van der Waals surface area contributed by atoms with E-state index in [9.17, 15) is 18.3 Å². The Bertz CT molecular complexity index is 1440. The van der Waals surface area contributed by atoms with Gasteiger partial charge in [-0.1, -0.05) is 37.6 Å². The van der Waals surface area contributed by atoms with Gasteiger partial charge in [-0.05, 0) is 55.3 Å². The lowest BCUT2D eigenvalue weighted by Gasteiger charge is -2.17. The van der Waals surface area contributed by atoms with Gasteiger partial charge >= 0.3 is 0 Å². The second-order valence-corrected chi connectivity index (χ2v) is 10.2. The lowest BCUT2D eigenvalue weighted by Crippen LogP contribution is -2.37. The van der Waals surface area contributed by atoms with Crippen LogP contribution in [0.3, 0.4) is 0 Å². The first-order valence-corrected chi connectivity index (χ1v) is 13.2. The number of amidine groups is 1. The van der Waals surface area contributed by atoms with Crippen molar-refractivity contribution in [2.45, 2.75) is 38.2 Å². The molecule has 194 valence electrons. The van der Waals surface area contributed by atoms with Crippen molar-refractivity contribution in [1.29, 1.82) is 0 Å². The van der Waals surface area contributed by atoms with Crippen LogP contribution in [0.2, 0.25) is 0 Å². The van der Waals surface area contributed by atoms with E-state index < -0.39 is 10.0 Å². The van der Waals surface area contributed by atoms with Crippen LogP contribution in [0.4, 0.5) is 5.69 Å². The van der Waals surface area contributed by atoms with E-state index in [0.29, 0.717) is 34.8 Å². The Morgan fingerprint density at radius 3 is 2.49 bits per heavy atom. The summed E-state index contributed by atoms with van der Waals surface area (Å²) in [5.41, 5.74) is 8.04. The van der Waals surface area contributed by atoms with Crippen LogP contribution in [-0.2, 0) is 23.1 Å². The number of Topliss-reactive ketones (excluding diaryl/α,β-unsaturated/α-hetero) is 1. The van der Waals surface area contributed by atoms with Gasteiger partial charge < -0.3 is 9.84 Å². The molecule has 1 aliphatic rings. The van der Waals surface area contributed by atoms with E-state index in [4.69, 9.17) is 4.74 Å². The van der Waals surface area contributed by atoms with E-state index in [1.165, 1.54) is 19.1 Å². The van der Waals surface area contributed by atoms with Crippen LogP contribution in [0.15, 0.2) is 70.7 Å². The minimum absolute atomic E-state index is 0.0547. The third-order valence-electron chi connectivity index (χ3n) is 5.86. The Balaban J connectivity index is 1.49. The lowest BCUT2D eigenvalue weighted by atomic mass is 10.0. The molecule has 0 bridgehead atoms. The number of sulfonamides is 1. The summed E-state index contributed by atoms with van der Waals surface area (Å²) in [6, 6.07) is 16.6. The number of benzene rings is 3. The number of aromatic hydroxyl groups is 1. The zero-order valence-electron chi connectivity index (χ0n) is 20.8. The van der Waals surface area contributed by atoms with Crippen molar-refractivity contribution >= 4 is 27.3 Å². The summed E-state index contributed by atoms with van der Waals surface area (Å²) in [6.07, 6.45) is 1.32. The number of para-hydroxylation sites is 1. The van der Waals surface area contributed by atoms with Crippen LogP contribution < -0.4 is 20.5 Å². The summed E-state index contributed by atoms with van der Waals surface area (Å²) < 4.78 is 34.8. The molecule has 10 nitrogen and oxygen atoms in total. The summed E-state index contributed by atoms with van der Waals surface area (Å²) in [6.45, 7) is 3.55. The smallest absolute Gasteiger partial charge is 0.261 e. The molecular weight excluding hydrogens is 494 g/mol. The molecule has 0 amide bonds. The van der Waals surface area contributed by atoms with Gasteiger partial charge in [-0.25, -0.2) is 14.0 Å². The third kappa shape index (κ3) is 5.68. The zero-order valence-corrected chi connectivity index (χ0v) is 21.6. The van der Waals surface area contributed by atoms with Gasteiger partial charge in [-0.15, -0.1) is 10.6 Å². The summed E-state index contributed by atoms with van der Waals surface area (Å²) >= 11 is 0. The SMILES string of the molecule is CCCc1c(OCc2ccc(S(=O)(=O)Nc3ccccc3C3=NNNN3C)cc2)ccc(C(C)=O)c1O. The summed E-state index contributed by atoms with van der Waals surface area (Å²) in [4.78, 5) is 11.9. The molecule has 0 aromatic heterocycles. The maximum Gasteiger partial charge on any atom is 0.261 e. The van der Waals surface area contributed by atoms with Gasteiger partial charge in [0.1, 0.15) is 18.1 Å². The number of carbonyl (C=O) groups is 1. The number of carbonyl (C=O) groups excluding carboxylic acids is 1. The highest BCUT2D eigenvalue weighted by atomic mass is 32.2. The molecule has 3 aromatic carbocycles. The lowest BCUT2D eigenvalue weighted by molar-refractivity contribution is 0.101. The molecule has 0 aliphatic carbocycles. The van der Waals surface area contributed by atoms with Crippen LogP contribution >= 0.6 is 0 Å². The van der Waals surface area contributed by atoms with Gasteiger partial charge in [-0.2, -0.15) is 0 Å². The predicted molar refractivity (Wildman–Crippen MR) is 141 cm³/mol. The molecular formula is C26H29N5O5S. The molecule has 0 fully saturated rings. The molecule has 0 saturated heterocycles. The van der Waals surface area contributed by atoms with Gasteiger partial charge in [0.05, 0.1) is 16.1 Å². The number of anilines is 1. The molecule has 4 rings (SSSR count). The molecule has 4 N–H and O–H groups in total. The Morgan fingerprint density at radius 1 is 1.11 bits per heavy atom. The number of nitrogens with one attached hydrogen (secondary N) is 3. The molecule has 0 saturated carbocycles. The van der Waals surface area contributed by atoms with Gasteiger partial charge in [0, 0.05) is 18.2 Å². The van der Waals surface area contributed by atoms with Gasteiger partial charge in [-0.3, -0.25) is 14.5 Å².